The third-order valence-corrected chi connectivity index (χ3v) is 3.74. The molecule has 0 unspecified atom stereocenters. The molecule has 9 heteroatoms. The first kappa shape index (κ1) is 23.9. The van der Waals surface area contributed by atoms with Crippen LogP contribution < -0.4 is 16.0 Å². The van der Waals surface area contributed by atoms with E-state index in [1.54, 1.807) is 18.3 Å². The molecule has 0 aliphatic heterocycles. The van der Waals surface area contributed by atoms with Crippen LogP contribution in [-0.2, 0) is 17.8 Å². The number of amides is 1. The van der Waals surface area contributed by atoms with Crippen molar-refractivity contribution >= 4 is 35.8 Å². The van der Waals surface area contributed by atoms with Crippen molar-refractivity contribution in [1.29, 1.82) is 0 Å². The molecule has 0 radical (unpaired) electrons. The largest absolute Gasteiger partial charge is 0.357 e. The Kier molecular flexibility index (Phi) is 11.9. The summed E-state index contributed by atoms with van der Waals surface area (Å²) in [6, 6.07) is 7.85. The average Bonchev–Trinajstić information content (AvgIpc) is 3.17. The summed E-state index contributed by atoms with van der Waals surface area (Å²) in [5.41, 5.74) is 0.786. The van der Waals surface area contributed by atoms with Gasteiger partial charge in [0, 0.05) is 45.1 Å². The zero-order chi connectivity index (χ0) is 19.3. The summed E-state index contributed by atoms with van der Waals surface area (Å²) >= 11 is 0. The quantitative estimate of drug-likeness (QED) is 0.201. The standard InChI is InChI=1S/C19H27FN6O.HI/c1-2-21-19(23-9-3-13-26-14-4-10-25-26)24-12-11-22-18(27)15-16-5-7-17(20)8-6-16;/h4-8,10,14H,2-3,9,11-13,15H2,1H3,(H,22,27)(H2,21,23,24);1H. The number of carbonyl (C=O) groups is 1. The number of rotatable bonds is 10. The van der Waals surface area contributed by atoms with Gasteiger partial charge in [0.05, 0.1) is 6.42 Å². The maximum atomic E-state index is 12.9. The van der Waals surface area contributed by atoms with E-state index < -0.39 is 0 Å². The van der Waals surface area contributed by atoms with Gasteiger partial charge < -0.3 is 16.0 Å². The molecule has 0 aliphatic carbocycles. The molecule has 154 valence electrons. The smallest absolute Gasteiger partial charge is 0.224 e. The number of carbonyl (C=O) groups excluding carboxylic acids is 1. The van der Waals surface area contributed by atoms with Gasteiger partial charge in [-0.1, -0.05) is 12.1 Å². The molecule has 0 bridgehead atoms. The normalized spacial score (nSPS) is 10.9. The third kappa shape index (κ3) is 9.67. The first-order valence-electron chi connectivity index (χ1n) is 9.18. The Morgan fingerprint density at radius 1 is 1.18 bits per heavy atom. The van der Waals surface area contributed by atoms with Crippen LogP contribution in [0.2, 0.25) is 0 Å². The number of aliphatic imine (C=N–C) groups is 1. The highest BCUT2D eigenvalue weighted by molar-refractivity contribution is 14.0. The zero-order valence-corrected chi connectivity index (χ0v) is 18.4. The van der Waals surface area contributed by atoms with Gasteiger partial charge in [-0.25, -0.2) is 4.39 Å². The summed E-state index contributed by atoms with van der Waals surface area (Å²) in [5.74, 6) is 0.332. The van der Waals surface area contributed by atoms with E-state index in [0.29, 0.717) is 19.6 Å². The maximum Gasteiger partial charge on any atom is 0.224 e. The van der Waals surface area contributed by atoms with Crippen molar-refractivity contribution in [3.63, 3.8) is 0 Å². The number of guanidine groups is 1. The topological polar surface area (TPSA) is 83.3 Å². The first-order chi connectivity index (χ1) is 13.2. The molecule has 0 atom stereocenters. The maximum absolute atomic E-state index is 12.9. The fourth-order valence-electron chi connectivity index (χ4n) is 2.43. The lowest BCUT2D eigenvalue weighted by atomic mass is 10.1. The Balaban J connectivity index is 0.00000392. The summed E-state index contributed by atoms with van der Waals surface area (Å²) in [6.07, 6.45) is 4.83. The van der Waals surface area contributed by atoms with E-state index in [2.05, 4.69) is 26.0 Å². The van der Waals surface area contributed by atoms with Gasteiger partial charge in [0.15, 0.2) is 5.96 Å². The summed E-state index contributed by atoms with van der Waals surface area (Å²) in [7, 11) is 0. The molecule has 1 amide bonds. The number of aromatic nitrogens is 2. The van der Waals surface area contributed by atoms with Crippen LogP contribution in [0.25, 0.3) is 0 Å². The van der Waals surface area contributed by atoms with Crippen molar-refractivity contribution in [2.24, 2.45) is 4.99 Å². The minimum Gasteiger partial charge on any atom is -0.357 e. The molecular weight excluding hydrogens is 474 g/mol. The van der Waals surface area contributed by atoms with Gasteiger partial charge in [0.1, 0.15) is 5.82 Å². The number of aryl methyl sites for hydroxylation is 1. The van der Waals surface area contributed by atoms with Crippen LogP contribution in [0.15, 0.2) is 47.7 Å². The molecule has 2 aromatic rings. The molecule has 0 saturated carbocycles. The third-order valence-electron chi connectivity index (χ3n) is 3.74. The van der Waals surface area contributed by atoms with Gasteiger partial charge in [-0.15, -0.1) is 24.0 Å². The van der Waals surface area contributed by atoms with E-state index in [-0.39, 0.29) is 42.1 Å². The van der Waals surface area contributed by atoms with Gasteiger partial charge in [0.25, 0.3) is 0 Å². The Morgan fingerprint density at radius 3 is 2.61 bits per heavy atom. The van der Waals surface area contributed by atoms with Crippen LogP contribution in [0, 0.1) is 5.82 Å². The second kappa shape index (κ2) is 13.9. The van der Waals surface area contributed by atoms with Crippen LogP contribution in [0.4, 0.5) is 4.39 Å². The minimum absolute atomic E-state index is 0. The highest BCUT2D eigenvalue weighted by Gasteiger charge is 2.03. The number of nitrogens with one attached hydrogen (secondary N) is 3. The lowest BCUT2D eigenvalue weighted by molar-refractivity contribution is -0.120. The van der Waals surface area contributed by atoms with Crippen LogP contribution >= 0.6 is 24.0 Å². The number of halogens is 2. The molecule has 0 fully saturated rings. The summed E-state index contributed by atoms with van der Waals surface area (Å²) in [4.78, 5) is 16.4. The molecule has 3 N–H and O–H groups in total. The predicted octanol–water partition coefficient (Wildman–Crippen LogP) is 1.94. The fourth-order valence-corrected chi connectivity index (χ4v) is 2.43. The SMILES string of the molecule is CCNC(=NCCCn1cccn1)NCCNC(=O)Cc1ccc(F)cc1.I. The second-order valence-electron chi connectivity index (χ2n) is 5.96. The van der Waals surface area contributed by atoms with Crippen molar-refractivity contribution in [3.8, 4) is 0 Å². The first-order valence-corrected chi connectivity index (χ1v) is 9.18. The van der Waals surface area contributed by atoms with Crippen LogP contribution in [0.5, 0.6) is 0 Å². The molecule has 2 rings (SSSR count). The fraction of sp³-hybridized carbons (Fsp3) is 0.421. The minimum atomic E-state index is -0.303. The highest BCUT2D eigenvalue weighted by atomic mass is 127. The van der Waals surface area contributed by atoms with E-state index in [9.17, 15) is 9.18 Å². The lowest BCUT2D eigenvalue weighted by Gasteiger charge is -2.12. The molecule has 0 aliphatic rings. The molecule has 1 heterocycles. The van der Waals surface area contributed by atoms with Gasteiger partial charge in [0.2, 0.25) is 5.91 Å². The number of nitrogens with zero attached hydrogens (tertiary/aromatic N) is 3. The molecule has 0 saturated heterocycles. The van der Waals surface area contributed by atoms with Crippen LogP contribution in [0.3, 0.4) is 0 Å². The molecule has 1 aromatic heterocycles. The molecule has 7 nitrogen and oxygen atoms in total. The molecule has 0 spiro atoms. The van der Waals surface area contributed by atoms with Crippen molar-refractivity contribution in [2.45, 2.75) is 26.3 Å². The van der Waals surface area contributed by atoms with E-state index in [1.165, 1.54) is 12.1 Å². The van der Waals surface area contributed by atoms with E-state index >= 15 is 0 Å². The van der Waals surface area contributed by atoms with Crippen molar-refractivity contribution < 1.29 is 9.18 Å². The van der Waals surface area contributed by atoms with E-state index in [4.69, 9.17) is 0 Å². The second-order valence-corrected chi connectivity index (χ2v) is 5.96. The Bertz CT molecular complexity index is 706. The number of benzene rings is 1. The summed E-state index contributed by atoms with van der Waals surface area (Å²) < 4.78 is 14.7. The van der Waals surface area contributed by atoms with Gasteiger partial charge in [-0.3, -0.25) is 14.5 Å². The Hall–Kier alpha value is -2.17. The monoisotopic (exact) mass is 502 g/mol. The van der Waals surface area contributed by atoms with Crippen LogP contribution in [-0.4, -0.2) is 47.8 Å². The zero-order valence-electron chi connectivity index (χ0n) is 16.0. The van der Waals surface area contributed by atoms with Gasteiger partial charge in [-0.2, -0.15) is 5.10 Å². The van der Waals surface area contributed by atoms with E-state index in [1.807, 2.05) is 23.9 Å². The van der Waals surface area contributed by atoms with E-state index in [0.717, 1.165) is 31.0 Å². The van der Waals surface area contributed by atoms with Crippen molar-refractivity contribution in [3.05, 3.63) is 54.1 Å². The molecule has 1 aromatic carbocycles. The predicted molar refractivity (Wildman–Crippen MR) is 119 cm³/mol. The Morgan fingerprint density at radius 2 is 1.93 bits per heavy atom. The van der Waals surface area contributed by atoms with Crippen molar-refractivity contribution in [1.82, 2.24) is 25.7 Å². The summed E-state index contributed by atoms with van der Waals surface area (Å²) in [5, 5.41) is 13.4. The Labute approximate surface area is 182 Å². The number of hydrogen-bond donors (Lipinski definition) is 3. The summed E-state index contributed by atoms with van der Waals surface area (Å²) in [6.45, 7) is 5.34. The van der Waals surface area contributed by atoms with Gasteiger partial charge >= 0.3 is 0 Å². The number of hydrogen-bond acceptors (Lipinski definition) is 3. The van der Waals surface area contributed by atoms with Gasteiger partial charge in [-0.05, 0) is 37.1 Å². The van der Waals surface area contributed by atoms with Crippen LogP contribution in [0.1, 0.15) is 18.9 Å². The highest BCUT2D eigenvalue weighted by Crippen LogP contribution is 2.03. The van der Waals surface area contributed by atoms with Crippen molar-refractivity contribution in [2.75, 3.05) is 26.2 Å². The molecule has 28 heavy (non-hydrogen) atoms. The molecular formula is C19H28FIN6O. The lowest BCUT2D eigenvalue weighted by Crippen LogP contribution is -2.41. The average molecular weight is 502 g/mol.